The van der Waals surface area contributed by atoms with Crippen molar-refractivity contribution in [1.29, 1.82) is 0 Å². The van der Waals surface area contributed by atoms with E-state index in [1.54, 1.807) is 19.0 Å². The van der Waals surface area contributed by atoms with Crippen LogP contribution in [-0.2, 0) is 16.5 Å². The van der Waals surface area contributed by atoms with Crippen LogP contribution in [0.4, 0.5) is 24.9 Å². The first-order valence-corrected chi connectivity index (χ1v) is 8.27. The number of ether oxygens (including phenoxy) is 1. The van der Waals surface area contributed by atoms with Gasteiger partial charge in [0, 0.05) is 26.7 Å². The number of nitrogens with zero attached hydrogens (tertiary/aromatic N) is 4. The van der Waals surface area contributed by atoms with Gasteiger partial charge in [0.2, 0.25) is 5.95 Å². The molecule has 0 amide bonds. The number of benzene rings is 1. The van der Waals surface area contributed by atoms with E-state index >= 15 is 0 Å². The summed E-state index contributed by atoms with van der Waals surface area (Å²) < 4.78 is 45.7. The first-order valence-electron chi connectivity index (χ1n) is 8.27. The van der Waals surface area contributed by atoms with Crippen molar-refractivity contribution in [2.24, 2.45) is 0 Å². The van der Waals surface area contributed by atoms with Gasteiger partial charge < -0.3 is 14.5 Å². The summed E-state index contributed by atoms with van der Waals surface area (Å²) in [6, 6.07) is 10.6. The molecule has 1 aliphatic heterocycles. The molecule has 0 aliphatic carbocycles. The number of morpholine rings is 1. The molecule has 2 heterocycles. The first-order chi connectivity index (χ1) is 12.2. The van der Waals surface area contributed by atoms with Gasteiger partial charge in [-0.05, 0) is 12.5 Å². The van der Waals surface area contributed by atoms with Gasteiger partial charge >= 0.3 is 6.18 Å². The predicted molar refractivity (Wildman–Crippen MR) is 93.3 cm³/mol. The standard InChI is InChI=1S/C18H21F3N4O/c1-17(13-7-5-4-6-8-13)12-25(9-10-26-17)16-22-14(18(19,20)21)11-15(23-16)24(2)3/h4-8,11H,9-10,12H2,1-3H3. The van der Waals surface area contributed by atoms with Crippen LogP contribution in [0, 0.1) is 0 Å². The molecule has 0 N–H and O–H groups in total. The second kappa shape index (κ2) is 6.75. The lowest BCUT2D eigenvalue weighted by molar-refractivity contribution is -0.141. The summed E-state index contributed by atoms with van der Waals surface area (Å²) in [5.74, 6) is 0.282. The van der Waals surface area contributed by atoms with E-state index in [-0.39, 0.29) is 11.8 Å². The van der Waals surface area contributed by atoms with E-state index in [4.69, 9.17) is 4.74 Å². The van der Waals surface area contributed by atoms with Crippen LogP contribution >= 0.6 is 0 Å². The summed E-state index contributed by atoms with van der Waals surface area (Å²) in [4.78, 5) is 11.4. The molecule has 1 fully saturated rings. The van der Waals surface area contributed by atoms with Gasteiger partial charge in [-0.3, -0.25) is 0 Å². The smallest absolute Gasteiger partial charge is 0.367 e. The molecule has 0 bridgehead atoms. The second-order valence-corrected chi connectivity index (χ2v) is 6.67. The van der Waals surface area contributed by atoms with Gasteiger partial charge in [-0.1, -0.05) is 30.3 Å². The number of alkyl halides is 3. The fraction of sp³-hybridized carbons (Fsp3) is 0.444. The fourth-order valence-corrected chi connectivity index (χ4v) is 2.94. The zero-order valence-electron chi connectivity index (χ0n) is 14.9. The normalized spacial score (nSPS) is 20.9. The number of aromatic nitrogens is 2. The average molecular weight is 366 g/mol. The Labute approximate surface area is 150 Å². The quantitative estimate of drug-likeness (QED) is 0.834. The summed E-state index contributed by atoms with van der Waals surface area (Å²) in [6.45, 7) is 3.10. The fourth-order valence-electron chi connectivity index (χ4n) is 2.94. The van der Waals surface area contributed by atoms with Gasteiger partial charge in [0.1, 0.15) is 11.4 Å². The minimum Gasteiger partial charge on any atom is -0.367 e. The summed E-state index contributed by atoms with van der Waals surface area (Å²) in [7, 11) is 3.30. The molecule has 1 aromatic heterocycles. The molecular formula is C18H21F3N4O. The lowest BCUT2D eigenvalue weighted by Gasteiger charge is -2.41. The van der Waals surface area contributed by atoms with E-state index in [0.717, 1.165) is 11.6 Å². The summed E-state index contributed by atoms with van der Waals surface area (Å²) in [6.07, 6.45) is -4.53. The van der Waals surface area contributed by atoms with Crippen molar-refractivity contribution in [3.05, 3.63) is 47.7 Å². The maximum atomic E-state index is 13.2. The van der Waals surface area contributed by atoms with E-state index in [2.05, 4.69) is 9.97 Å². The Hall–Kier alpha value is -2.35. The van der Waals surface area contributed by atoms with Crippen LogP contribution in [0.2, 0.25) is 0 Å². The molecule has 0 saturated carbocycles. The Morgan fingerprint density at radius 2 is 1.85 bits per heavy atom. The van der Waals surface area contributed by atoms with Gasteiger partial charge in [-0.25, -0.2) is 4.98 Å². The minimum absolute atomic E-state index is 0.0639. The second-order valence-electron chi connectivity index (χ2n) is 6.67. The Morgan fingerprint density at radius 3 is 2.46 bits per heavy atom. The highest BCUT2D eigenvalue weighted by Gasteiger charge is 2.37. The number of halogens is 3. The zero-order valence-corrected chi connectivity index (χ0v) is 14.9. The van der Waals surface area contributed by atoms with Crippen molar-refractivity contribution in [2.75, 3.05) is 43.6 Å². The highest BCUT2D eigenvalue weighted by molar-refractivity contribution is 5.46. The predicted octanol–water partition coefficient (Wildman–Crippen LogP) is 3.31. The van der Waals surface area contributed by atoms with Gasteiger partial charge in [-0.2, -0.15) is 18.2 Å². The largest absolute Gasteiger partial charge is 0.433 e. The zero-order chi connectivity index (χ0) is 18.9. The molecule has 140 valence electrons. The van der Waals surface area contributed by atoms with Crippen LogP contribution in [0.15, 0.2) is 36.4 Å². The van der Waals surface area contributed by atoms with Crippen LogP contribution < -0.4 is 9.80 Å². The molecule has 1 aliphatic rings. The van der Waals surface area contributed by atoms with Gasteiger partial charge in [0.15, 0.2) is 5.69 Å². The molecule has 0 spiro atoms. The lowest BCUT2D eigenvalue weighted by atomic mass is 9.94. The van der Waals surface area contributed by atoms with E-state index in [0.29, 0.717) is 19.7 Å². The molecule has 0 radical (unpaired) electrons. The SMILES string of the molecule is CN(C)c1cc(C(F)(F)F)nc(N2CCOC(C)(c3ccccc3)C2)n1. The molecule has 26 heavy (non-hydrogen) atoms. The van der Waals surface area contributed by atoms with Crippen LogP contribution in [0.1, 0.15) is 18.2 Å². The maximum Gasteiger partial charge on any atom is 0.433 e. The number of hydrogen-bond donors (Lipinski definition) is 0. The first kappa shape index (κ1) is 18.4. The Bertz CT molecular complexity index is 767. The molecule has 1 unspecified atom stereocenters. The third-order valence-electron chi connectivity index (χ3n) is 4.39. The van der Waals surface area contributed by atoms with Crippen LogP contribution in [0.3, 0.4) is 0 Å². The number of rotatable bonds is 3. The lowest BCUT2D eigenvalue weighted by Crippen LogP contribution is -2.49. The van der Waals surface area contributed by atoms with E-state index < -0.39 is 17.5 Å². The highest BCUT2D eigenvalue weighted by Crippen LogP contribution is 2.34. The molecule has 5 nitrogen and oxygen atoms in total. The van der Waals surface area contributed by atoms with Crippen LogP contribution in [0.25, 0.3) is 0 Å². The van der Waals surface area contributed by atoms with Crippen molar-refractivity contribution in [3.63, 3.8) is 0 Å². The molecule has 1 aromatic carbocycles. The van der Waals surface area contributed by atoms with Gasteiger partial charge in [0.25, 0.3) is 0 Å². The van der Waals surface area contributed by atoms with Gasteiger partial charge in [0.05, 0.1) is 13.2 Å². The van der Waals surface area contributed by atoms with Crippen LogP contribution in [-0.4, -0.2) is 43.8 Å². The van der Waals surface area contributed by atoms with Crippen molar-refractivity contribution in [1.82, 2.24) is 9.97 Å². The van der Waals surface area contributed by atoms with E-state index in [9.17, 15) is 13.2 Å². The summed E-state index contributed by atoms with van der Waals surface area (Å²) >= 11 is 0. The molecule has 1 atom stereocenters. The average Bonchev–Trinajstić information content (AvgIpc) is 2.61. The van der Waals surface area contributed by atoms with E-state index in [1.807, 2.05) is 37.3 Å². The van der Waals surface area contributed by atoms with E-state index in [1.165, 1.54) is 4.90 Å². The number of anilines is 2. The van der Waals surface area contributed by atoms with Crippen LogP contribution in [0.5, 0.6) is 0 Å². The Balaban J connectivity index is 1.96. The Kier molecular flexibility index (Phi) is 4.79. The van der Waals surface area contributed by atoms with Gasteiger partial charge in [-0.15, -0.1) is 0 Å². The van der Waals surface area contributed by atoms with Crippen molar-refractivity contribution < 1.29 is 17.9 Å². The number of hydrogen-bond acceptors (Lipinski definition) is 5. The molecule has 1 saturated heterocycles. The summed E-state index contributed by atoms with van der Waals surface area (Å²) in [5, 5.41) is 0. The van der Waals surface area contributed by atoms with Crippen molar-refractivity contribution in [2.45, 2.75) is 18.7 Å². The summed E-state index contributed by atoms with van der Waals surface area (Å²) in [5.41, 5.74) is -0.626. The molecule has 8 heteroatoms. The monoisotopic (exact) mass is 366 g/mol. The van der Waals surface area contributed by atoms with Crippen molar-refractivity contribution in [3.8, 4) is 0 Å². The highest BCUT2D eigenvalue weighted by atomic mass is 19.4. The maximum absolute atomic E-state index is 13.2. The molecule has 2 aromatic rings. The Morgan fingerprint density at radius 1 is 1.15 bits per heavy atom. The minimum atomic E-state index is -4.53. The molecular weight excluding hydrogens is 345 g/mol. The topological polar surface area (TPSA) is 41.5 Å². The third kappa shape index (κ3) is 3.75. The van der Waals surface area contributed by atoms with Crippen molar-refractivity contribution >= 4 is 11.8 Å². The third-order valence-corrected chi connectivity index (χ3v) is 4.39. The molecule has 3 rings (SSSR count).